The van der Waals surface area contributed by atoms with E-state index in [1.165, 1.54) is 6.07 Å². The number of hydrogen-bond donors (Lipinski definition) is 0. The van der Waals surface area contributed by atoms with E-state index in [9.17, 15) is 10.1 Å². The quantitative estimate of drug-likeness (QED) is 0.461. The Morgan fingerprint density at radius 2 is 2.33 bits per heavy atom. The van der Waals surface area contributed by atoms with Crippen LogP contribution in [0, 0.1) is 10.1 Å². The van der Waals surface area contributed by atoms with Gasteiger partial charge in [-0.15, -0.1) is 11.6 Å². The zero-order chi connectivity index (χ0) is 9.14. The van der Waals surface area contributed by atoms with Crippen molar-refractivity contribution in [3.63, 3.8) is 0 Å². The molecule has 6 heteroatoms. The minimum Gasteiger partial charge on any atom is -0.358 e. The highest BCUT2D eigenvalue weighted by molar-refractivity contribution is 9.10. The average Bonchev–Trinajstić information content (AvgIpc) is 2.03. The first-order valence-electron chi connectivity index (χ1n) is 3.00. The van der Waals surface area contributed by atoms with Crippen LogP contribution in [0.1, 0.15) is 5.69 Å². The topological polar surface area (TPSA) is 56.0 Å². The van der Waals surface area contributed by atoms with Crippen LogP contribution in [0.4, 0.5) is 5.82 Å². The zero-order valence-corrected chi connectivity index (χ0v) is 8.17. The second-order valence-electron chi connectivity index (χ2n) is 2.03. The molecule has 1 aromatic rings. The van der Waals surface area contributed by atoms with Gasteiger partial charge in [-0.25, -0.2) is 0 Å². The molecular weight excluding hydrogens is 247 g/mol. The minimum atomic E-state index is -0.555. The third kappa shape index (κ3) is 2.15. The molecule has 0 unspecified atom stereocenters. The molecule has 0 aliphatic rings. The lowest BCUT2D eigenvalue weighted by Crippen LogP contribution is -1.94. The van der Waals surface area contributed by atoms with Gasteiger partial charge in [0.25, 0.3) is 0 Å². The number of aromatic nitrogens is 1. The largest absolute Gasteiger partial charge is 0.364 e. The van der Waals surface area contributed by atoms with Crippen LogP contribution in [0.15, 0.2) is 16.6 Å². The van der Waals surface area contributed by atoms with Gasteiger partial charge in [0.2, 0.25) is 0 Å². The second kappa shape index (κ2) is 3.82. The Hall–Kier alpha value is -0.680. The van der Waals surface area contributed by atoms with E-state index in [2.05, 4.69) is 20.9 Å². The maximum atomic E-state index is 10.3. The average molecular weight is 251 g/mol. The summed E-state index contributed by atoms with van der Waals surface area (Å²) < 4.78 is 0.611. The molecule has 0 aliphatic heterocycles. The smallest absolute Gasteiger partial charge is 0.358 e. The molecule has 1 heterocycles. The van der Waals surface area contributed by atoms with Crippen molar-refractivity contribution in [1.29, 1.82) is 0 Å². The van der Waals surface area contributed by atoms with Crippen molar-refractivity contribution in [3.05, 3.63) is 32.4 Å². The predicted molar refractivity (Wildman–Crippen MR) is 48.1 cm³/mol. The molecule has 0 atom stereocenters. The van der Waals surface area contributed by atoms with E-state index in [-0.39, 0.29) is 11.7 Å². The lowest BCUT2D eigenvalue weighted by molar-refractivity contribution is -0.389. The molecule has 1 aromatic heterocycles. The van der Waals surface area contributed by atoms with Gasteiger partial charge in [-0.05, 0) is 9.91 Å². The Morgan fingerprint density at radius 1 is 1.67 bits per heavy atom. The first kappa shape index (κ1) is 9.41. The maximum Gasteiger partial charge on any atom is 0.364 e. The highest BCUT2D eigenvalue weighted by Crippen LogP contribution is 2.18. The fourth-order valence-corrected chi connectivity index (χ4v) is 1.30. The van der Waals surface area contributed by atoms with Crippen molar-refractivity contribution in [1.82, 2.24) is 4.98 Å². The summed E-state index contributed by atoms with van der Waals surface area (Å²) >= 11 is 8.59. The molecular formula is C6H4BrClN2O2. The van der Waals surface area contributed by atoms with Crippen LogP contribution in [0.3, 0.4) is 0 Å². The SMILES string of the molecule is O=[N+]([O-])c1cc(Br)cc(CCl)n1. The van der Waals surface area contributed by atoms with Gasteiger partial charge in [-0.1, -0.05) is 15.9 Å². The zero-order valence-electron chi connectivity index (χ0n) is 5.83. The number of nitro groups is 1. The summed E-state index contributed by atoms with van der Waals surface area (Å²) in [4.78, 5) is 13.4. The van der Waals surface area contributed by atoms with E-state index in [1.807, 2.05) is 0 Å². The summed E-state index contributed by atoms with van der Waals surface area (Å²) in [6.45, 7) is 0. The molecule has 0 N–H and O–H groups in total. The molecule has 0 aromatic carbocycles. The Bertz CT molecular complexity index is 318. The molecule has 0 radical (unpaired) electrons. The van der Waals surface area contributed by atoms with Crippen LogP contribution in [-0.2, 0) is 5.88 Å². The van der Waals surface area contributed by atoms with Crippen molar-refractivity contribution >= 4 is 33.3 Å². The molecule has 1 rings (SSSR count). The van der Waals surface area contributed by atoms with Gasteiger partial charge in [0.15, 0.2) is 5.69 Å². The van der Waals surface area contributed by atoms with Gasteiger partial charge in [0.1, 0.15) is 0 Å². The summed E-state index contributed by atoms with van der Waals surface area (Å²) in [6, 6.07) is 2.97. The minimum absolute atomic E-state index is 0.167. The third-order valence-electron chi connectivity index (χ3n) is 1.15. The fourth-order valence-electron chi connectivity index (χ4n) is 0.698. The maximum absolute atomic E-state index is 10.3. The second-order valence-corrected chi connectivity index (χ2v) is 3.21. The van der Waals surface area contributed by atoms with E-state index in [0.29, 0.717) is 10.2 Å². The number of nitrogens with zero attached hydrogens (tertiary/aromatic N) is 2. The van der Waals surface area contributed by atoms with E-state index in [1.54, 1.807) is 6.07 Å². The summed E-state index contributed by atoms with van der Waals surface area (Å²) in [5.41, 5.74) is 0.484. The van der Waals surface area contributed by atoms with Crippen LogP contribution in [0.2, 0.25) is 0 Å². The summed E-state index contributed by atoms with van der Waals surface area (Å²) in [7, 11) is 0. The molecule has 0 bridgehead atoms. The van der Waals surface area contributed by atoms with Crippen LogP contribution in [-0.4, -0.2) is 9.91 Å². The number of hydrogen-bond acceptors (Lipinski definition) is 3. The van der Waals surface area contributed by atoms with E-state index < -0.39 is 4.92 Å². The van der Waals surface area contributed by atoms with Gasteiger partial charge < -0.3 is 10.1 Å². The Kier molecular flexibility index (Phi) is 2.99. The monoisotopic (exact) mass is 250 g/mol. The van der Waals surface area contributed by atoms with Crippen molar-refractivity contribution < 1.29 is 4.92 Å². The van der Waals surface area contributed by atoms with Crippen molar-refractivity contribution in [3.8, 4) is 0 Å². The van der Waals surface area contributed by atoms with Crippen LogP contribution < -0.4 is 0 Å². The molecule has 0 spiro atoms. The number of halogens is 2. The van der Waals surface area contributed by atoms with Crippen molar-refractivity contribution in [2.45, 2.75) is 5.88 Å². The van der Waals surface area contributed by atoms with Gasteiger partial charge >= 0.3 is 5.82 Å². The highest BCUT2D eigenvalue weighted by Gasteiger charge is 2.10. The lowest BCUT2D eigenvalue weighted by Gasteiger charge is -1.94. The molecule has 64 valence electrons. The standard InChI is InChI=1S/C6H4BrClN2O2/c7-4-1-5(3-8)9-6(2-4)10(11)12/h1-2H,3H2. The number of alkyl halides is 1. The van der Waals surface area contributed by atoms with Gasteiger partial charge in [-0.3, -0.25) is 0 Å². The Morgan fingerprint density at radius 3 is 2.83 bits per heavy atom. The van der Waals surface area contributed by atoms with Crippen molar-refractivity contribution in [2.75, 3.05) is 0 Å². The van der Waals surface area contributed by atoms with Gasteiger partial charge in [0, 0.05) is 10.5 Å². The van der Waals surface area contributed by atoms with E-state index in [4.69, 9.17) is 11.6 Å². The van der Waals surface area contributed by atoms with Crippen molar-refractivity contribution in [2.24, 2.45) is 0 Å². The van der Waals surface area contributed by atoms with Crippen LogP contribution >= 0.6 is 27.5 Å². The molecule has 0 saturated heterocycles. The highest BCUT2D eigenvalue weighted by atomic mass is 79.9. The Balaban J connectivity index is 3.15. The summed E-state index contributed by atoms with van der Waals surface area (Å²) in [5.74, 6) is -0.0275. The van der Waals surface area contributed by atoms with Gasteiger partial charge in [0.05, 0.1) is 11.9 Å². The lowest BCUT2D eigenvalue weighted by atomic mass is 10.4. The molecule has 12 heavy (non-hydrogen) atoms. The van der Waals surface area contributed by atoms with Crippen LogP contribution in [0.25, 0.3) is 0 Å². The summed E-state index contributed by atoms with van der Waals surface area (Å²) in [5, 5.41) is 10.3. The van der Waals surface area contributed by atoms with E-state index in [0.717, 1.165) is 0 Å². The molecule has 0 aliphatic carbocycles. The predicted octanol–water partition coefficient (Wildman–Crippen LogP) is 2.49. The summed E-state index contributed by atoms with van der Waals surface area (Å²) in [6.07, 6.45) is 0. The Labute approximate surface area is 81.8 Å². The third-order valence-corrected chi connectivity index (χ3v) is 1.89. The molecule has 0 fully saturated rings. The van der Waals surface area contributed by atoms with E-state index >= 15 is 0 Å². The van der Waals surface area contributed by atoms with Crippen LogP contribution in [0.5, 0.6) is 0 Å². The number of rotatable bonds is 2. The van der Waals surface area contributed by atoms with Gasteiger partial charge in [-0.2, -0.15) is 0 Å². The normalized spacial score (nSPS) is 9.83. The molecule has 0 amide bonds. The molecule has 4 nitrogen and oxygen atoms in total. The number of pyridine rings is 1. The first-order chi connectivity index (χ1) is 5.63. The fraction of sp³-hybridized carbons (Fsp3) is 0.167. The first-order valence-corrected chi connectivity index (χ1v) is 4.33. The molecule has 0 saturated carbocycles.